The van der Waals surface area contributed by atoms with Gasteiger partial charge in [0.15, 0.2) is 0 Å². The van der Waals surface area contributed by atoms with E-state index in [4.69, 9.17) is 10.5 Å². The summed E-state index contributed by atoms with van der Waals surface area (Å²) in [5.74, 6) is 0.478. The monoisotopic (exact) mass is 378 g/mol. The molecule has 0 fully saturated rings. The molecule has 0 saturated heterocycles. The molecule has 0 atom stereocenters. The molecule has 0 aliphatic carbocycles. The Labute approximate surface area is 155 Å². The van der Waals surface area contributed by atoms with Crippen molar-refractivity contribution in [3.8, 4) is 22.8 Å². The number of aromatic nitrogens is 1. The van der Waals surface area contributed by atoms with E-state index in [0.717, 1.165) is 35.2 Å². The number of methoxy groups -OCH3 is 1. The Balaban J connectivity index is 2.09. The van der Waals surface area contributed by atoms with E-state index in [1.165, 1.54) is 12.1 Å². The van der Waals surface area contributed by atoms with E-state index < -0.39 is 6.36 Å². The van der Waals surface area contributed by atoms with Crippen LogP contribution in [0.3, 0.4) is 0 Å². The van der Waals surface area contributed by atoms with Crippen molar-refractivity contribution in [3.05, 3.63) is 48.0 Å². The minimum Gasteiger partial charge on any atom is -0.497 e. The Morgan fingerprint density at radius 3 is 2.56 bits per heavy atom. The number of aryl methyl sites for hydroxylation is 1. The van der Waals surface area contributed by atoms with Crippen LogP contribution in [-0.2, 0) is 6.42 Å². The second-order valence-corrected chi connectivity index (χ2v) is 6.21. The van der Waals surface area contributed by atoms with E-state index in [1.54, 1.807) is 13.2 Å². The summed E-state index contributed by atoms with van der Waals surface area (Å²) in [6, 6.07) is 11.9. The number of nitrogens with two attached hydrogens (primary N) is 1. The molecule has 0 bridgehead atoms. The van der Waals surface area contributed by atoms with E-state index in [1.807, 2.05) is 24.3 Å². The average molecular weight is 378 g/mol. The highest BCUT2D eigenvalue weighted by atomic mass is 19.4. The van der Waals surface area contributed by atoms with Gasteiger partial charge in [-0.1, -0.05) is 12.1 Å². The number of ether oxygens (including phenoxy) is 2. The number of hydrogen-bond acceptors (Lipinski definition) is 3. The zero-order valence-electron chi connectivity index (χ0n) is 14.9. The number of rotatable bonds is 7. The lowest BCUT2D eigenvalue weighted by Gasteiger charge is -2.09. The number of unbranched alkanes of at least 4 members (excludes halogenated alkanes) is 1. The summed E-state index contributed by atoms with van der Waals surface area (Å²) in [7, 11) is 1.59. The molecule has 0 aliphatic rings. The lowest BCUT2D eigenvalue weighted by atomic mass is 10.00. The third-order valence-corrected chi connectivity index (χ3v) is 4.35. The number of H-pyrrole nitrogens is 1. The van der Waals surface area contributed by atoms with Gasteiger partial charge in [0.2, 0.25) is 0 Å². The molecule has 27 heavy (non-hydrogen) atoms. The van der Waals surface area contributed by atoms with Gasteiger partial charge in [-0.2, -0.15) is 0 Å². The summed E-state index contributed by atoms with van der Waals surface area (Å²) in [5.41, 5.74) is 9.07. The van der Waals surface area contributed by atoms with Crippen molar-refractivity contribution in [3.63, 3.8) is 0 Å². The molecular weight excluding hydrogens is 357 g/mol. The smallest absolute Gasteiger partial charge is 0.497 e. The first kappa shape index (κ1) is 19.1. The number of fused-ring (bicyclic) bond motifs is 1. The van der Waals surface area contributed by atoms with Crippen LogP contribution in [0, 0.1) is 0 Å². The molecule has 144 valence electrons. The van der Waals surface area contributed by atoms with E-state index >= 15 is 0 Å². The molecule has 3 N–H and O–H groups in total. The summed E-state index contributed by atoms with van der Waals surface area (Å²) in [6.07, 6.45) is -2.35. The van der Waals surface area contributed by atoms with Crippen LogP contribution in [0.15, 0.2) is 42.5 Å². The summed E-state index contributed by atoms with van der Waals surface area (Å²) in [6.45, 7) is 0.569. The van der Waals surface area contributed by atoms with Gasteiger partial charge in [-0.05, 0) is 61.7 Å². The van der Waals surface area contributed by atoms with Gasteiger partial charge in [0, 0.05) is 22.2 Å². The average Bonchev–Trinajstić information content (AvgIpc) is 2.99. The SMILES string of the molecule is COc1cccc(-c2[nH]c3ccc(OC(F)(F)F)cc3c2CCCCN)c1. The number of alkyl halides is 3. The largest absolute Gasteiger partial charge is 0.573 e. The number of halogens is 3. The van der Waals surface area contributed by atoms with Crippen molar-refractivity contribution < 1.29 is 22.6 Å². The minimum atomic E-state index is -4.72. The number of aromatic amines is 1. The highest BCUT2D eigenvalue weighted by Gasteiger charge is 2.31. The van der Waals surface area contributed by atoms with Crippen LogP contribution < -0.4 is 15.2 Å². The maximum atomic E-state index is 12.6. The number of benzene rings is 2. The standard InChI is InChI=1S/C20H21F3N2O2/c1-26-14-6-4-5-13(11-14)19-16(7-2-3-10-24)17-12-15(27-20(21,22)23)8-9-18(17)25-19/h4-6,8-9,11-12,25H,2-3,7,10,24H2,1H3. The molecule has 0 spiro atoms. The predicted octanol–water partition coefficient (Wildman–Crippen LogP) is 5.02. The lowest BCUT2D eigenvalue weighted by Crippen LogP contribution is -2.16. The second kappa shape index (κ2) is 7.92. The molecule has 1 heterocycles. The fourth-order valence-electron chi connectivity index (χ4n) is 3.15. The van der Waals surface area contributed by atoms with Crippen molar-refractivity contribution in [2.24, 2.45) is 5.73 Å². The maximum absolute atomic E-state index is 12.6. The van der Waals surface area contributed by atoms with Crippen molar-refractivity contribution >= 4 is 10.9 Å². The van der Waals surface area contributed by atoms with Gasteiger partial charge >= 0.3 is 6.36 Å². The van der Waals surface area contributed by atoms with E-state index in [0.29, 0.717) is 24.1 Å². The predicted molar refractivity (Wildman–Crippen MR) is 99.0 cm³/mol. The molecule has 3 rings (SSSR count). The van der Waals surface area contributed by atoms with Crippen LogP contribution in [0.5, 0.6) is 11.5 Å². The minimum absolute atomic E-state index is 0.230. The fourth-order valence-corrected chi connectivity index (χ4v) is 3.15. The highest BCUT2D eigenvalue weighted by Crippen LogP contribution is 2.35. The molecule has 2 aromatic carbocycles. The second-order valence-electron chi connectivity index (χ2n) is 6.21. The summed E-state index contributed by atoms with van der Waals surface area (Å²) in [5, 5.41) is 0.714. The van der Waals surface area contributed by atoms with Gasteiger partial charge in [-0.15, -0.1) is 13.2 Å². The molecule has 7 heteroatoms. The number of hydrogen-bond donors (Lipinski definition) is 2. The molecule has 4 nitrogen and oxygen atoms in total. The Bertz CT molecular complexity index is 919. The first-order valence-corrected chi connectivity index (χ1v) is 8.66. The van der Waals surface area contributed by atoms with Crippen molar-refractivity contribution in [1.29, 1.82) is 0 Å². The molecule has 0 saturated carbocycles. The van der Waals surface area contributed by atoms with E-state index in [-0.39, 0.29) is 5.75 Å². The zero-order chi connectivity index (χ0) is 19.4. The van der Waals surface area contributed by atoms with Crippen LogP contribution in [0.2, 0.25) is 0 Å². The highest BCUT2D eigenvalue weighted by molar-refractivity contribution is 5.92. The third-order valence-electron chi connectivity index (χ3n) is 4.35. The molecule has 3 aromatic rings. The molecule has 0 aliphatic heterocycles. The van der Waals surface area contributed by atoms with Gasteiger partial charge in [-0.25, -0.2) is 0 Å². The van der Waals surface area contributed by atoms with Crippen molar-refractivity contribution in [1.82, 2.24) is 4.98 Å². The van der Waals surface area contributed by atoms with Gasteiger partial charge in [0.1, 0.15) is 11.5 Å². The summed E-state index contributed by atoms with van der Waals surface area (Å²) in [4.78, 5) is 3.33. The van der Waals surface area contributed by atoms with Crippen LogP contribution in [0.1, 0.15) is 18.4 Å². The summed E-state index contributed by atoms with van der Waals surface area (Å²) < 4.78 is 47.1. The van der Waals surface area contributed by atoms with Crippen LogP contribution in [0.4, 0.5) is 13.2 Å². The van der Waals surface area contributed by atoms with Crippen LogP contribution in [0.25, 0.3) is 22.2 Å². The molecular formula is C20H21F3N2O2. The van der Waals surface area contributed by atoms with Crippen LogP contribution >= 0.6 is 0 Å². The summed E-state index contributed by atoms with van der Waals surface area (Å²) >= 11 is 0. The first-order valence-electron chi connectivity index (χ1n) is 8.66. The van der Waals surface area contributed by atoms with Crippen molar-refractivity contribution in [2.75, 3.05) is 13.7 Å². The van der Waals surface area contributed by atoms with Gasteiger partial charge in [-0.3, -0.25) is 0 Å². The van der Waals surface area contributed by atoms with Gasteiger partial charge < -0.3 is 20.2 Å². The Kier molecular flexibility index (Phi) is 5.60. The Morgan fingerprint density at radius 2 is 1.85 bits per heavy atom. The number of nitrogens with one attached hydrogen (secondary N) is 1. The molecule has 0 amide bonds. The first-order chi connectivity index (χ1) is 12.9. The van der Waals surface area contributed by atoms with E-state index in [9.17, 15) is 13.2 Å². The quantitative estimate of drug-likeness (QED) is 0.567. The molecule has 0 unspecified atom stereocenters. The lowest BCUT2D eigenvalue weighted by molar-refractivity contribution is -0.274. The van der Waals surface area contributed by atoms with E-state index in [2.05, 4.69) is 9.72 Å². The fraction of sp³-hybridized carbons (Fsp3) is 0.300. The van der Waals surface area contributed by atoms with Crippen molar-refractivity contribution in [2.45, 2.75) is 25.6 Å². The normalized spacial score (nSPS) is 11.7. The van der Waals surface area contributed by atoms with Gasteiger partial charge in [0.25, 0.3) is 0 Å². The maximum Gasteiger partial charge on any atom is 0.573 e. The molecule has 1 aromatic heterocycles. The third kappa shape index (κ3) is 4.54. The zero-order valence-corrected chi connectivity index (χ0v) is 14.9. The van der Waals surface area contributed by atoms with Gasteiger partial charge in [0.05, 0.1) is 7.11 Å². The van der Waals surface area contributed by atoms with Crippen LogP contribution in [-0.4, -0.2) is 25.0 Å². The topological polar surface area (TPSA) is 60.3 Å². The Hall–Kier alpha value is -2.67. The molecule has 0 radical (unpaired) electrons. The Morgan fingerprint density at radius 1 is 1.04 bits per heavy atom.